The number of carbonyl (C=O) groups is 2. The minimum atomic E-state index is -0.561. The molecule has 2 aromatic carbocycles. The Morgan fingerprint density at radius 2 is 1.92 bits per heavy atom. The Morgan fingerprint density at radius 3 is 2.62 bits per heavy atom. The average molecular weight is 375 g/mol. The van der Waals surface area contributed by atoms with Crippen molar-refractivity contribution in [1.29, 1.82) is 0 Å². The second-order valence-corrected chi connectivity index (χ2v) is 5.62. The topological polar surface area (TPSA) is 81.4 Å². The van der Waals surface area contributed by atoms with Gasteiger partial charge in [-0.25, -0.2) is 9.18 Å². The van der Waals surface area contributed by atoms with Crippen molar-refractivity contribution in [3.63, 3.8) is 0 Å². The first-order chi connectivity index (χ1) is 12.5. The van der Waals surface area contributed by atoms with E-state index in [4.69, 9.17) is 16.1 Å². The number of benzene rings is 2. The van der Waals surface area contributed by atoms with Crippen LogP contribution in [0.2, 0.25) is 5.02 Å². The summed E-state index contributed by atoms with van der Waals surface area (Å²) in [4.78, 5) is 24.2. The maximum Gasteiger partial charge on any atom is 0.337 e. The molecule has 0 saturated heterocycles. The van der Waals surface area contributed by atoms with Gasteiger partial charge in [-0.2, -0.15) is 0 Å². The molecule has 0 spiro atoms. The number of carbonyl (C=O) groups excluding carboxylic acids is 2. The molecule has 0 saturated carbocycles. The van der Waals surface area contributed by atoms with Crippen molar-refractivity contribution in [3.05, 3.63) is 70.6 Å². The molecule has 0 radical (unpaired) electrons. The van der Waals surface area contributed by atoms with Crippen molar-refractivity contribution in [2.24, 2.45) is 0 Å². The third-order valence-electron chi connectivity index (χ3n) is 3.56. The number of esters is 1. The molecule has 1 aromatic heterocycles. The van der Waals surface area contributed by atoms with Crippen LogP contribution < -0.4 is 5.32 Å². The highest BCUT2D eigenvalue weighted by atomic mass is 35.5. The Morgan fingerprint density at radius 1 is 1.19 bits per heavy atom. The molecular formula is C18H12ClFN2O4. The molecular weight excluding hydrogens is 363 g/mol. The summed E-state index contributed by atoms with van der Waals surface area (Å²) in [5, 5.41) is 6.47. The fourth-order valence-electron chi connectivity index (χ4n) is 2.27. The lowest BCUT2D eigenvalue weighted by Crippen LogP contribution is -2.13. The lowest BCUT2D eigenvalue weighted by Gasteiger charge is -2.08. The van der Waals surface area contributed by atoms with Gasteiger partial charge >= 0.3 is 5.97 Å². The number of halogens is 2. The Kier molecular flexibility index (Phi) is 4.99. The molecule has 0 atom stereocenters. The summed E-state index contributed by atoms with van der Waals surface area (Å²) in [5.74, 6) is -1.34. The molecule has 1 amide bonds. The molecule has 0 aliphatic rings. The molecule has 1 N–H and O–H groups in total. The minimum absolute atomic E-state index is 0.135. The van der Waals surface area contributed by atoms with Gasteiger partial charge < -0.3 is 14.6 Å². The first kappa shape index (κ1) is 17.6. The fraction of sp³-hybridized carbons (Fsp3) is 0.0556. The van der Waals surface area contributed by atoms with E-state index < -0.39 is 17.7 Å². The van der Waals surface area contributed by atoms with Gasteiger partial charge in [0.2, 0.25) is 0 Å². The van der Waals surface area contributed by atoms with E-state index in [9.17, 15) is 14.0 Å². The van der Waals surface area contributed by atoms with Crippen LogP contribution in [-0.4, -0.2) is 24.1 Å². The van der Waals surface area contributed by atoms with Crippen molar-refractivity contribution in [1.82, 2.24) is 5.16 Å². The van der Waals surface area contributed by atoms with Gasteiger partial charge in [-0.15, -0.1) is 0 Å². The van der Waals surface area contributed by atoms with Crippen LogP contribution in [0.25, 0.3) is 11.3 Å². The maximum atomic E-state index is 13.1. The number of methoxy groups -OCH3 is 1. The zero-order chi connectivity index (χ0) is 18.7. The quantitative estimate of drug-likeness (QED) is 0.693. The van der Waals surface area contributed by atoms with Gasteiger partial charge in [0.05, 0.1) is 29.6 Å². The van der Waals surface area contributed by atoms with Crippen LogP contribution >= 0.6 is 11.6 Å². The van der Waals surface area contributed by atoms with Crippen LogP contribution in [0.3, 0.4) is 0 Å². The number of hydrogen-bond acceptors (Lipinski definition) is 5. The third-order valence-corrected chi connectivity index (χ3v) is 3.89. The number of hydrogen-bond donors (Lipinski definition) is 1. The van der Waals surface area contributed by atoms with E-state index in [1.165, 1.54) is 55.8 Å². The van der Waals surface area contributed by atoms with Crippen LogP contribution in [0, 0.1) is 5.82 Å². The van der Waals surface area contributed by atoms with Gasteiger partial charge in [0, 0.05) is 5.56 Å². The lowest BCUT2D eigenvalue weighted by molar-refractivity contribution is 0.0600. The molecule has 1 heterocycles. The zero-order valence-electron chi connectivity index (χ0n) is 13.5. The molecule has 6 nitrogen and oxygen atoms in total. The molecule has 0 fully saturated rings. The molecule has 26 heavy (non-hydrogen) atoms. The van der Waals surface area contributed by atoms with Crippen molar-refractivity contribution in [3.8, 4) is 11.3 Å². The summed E-state index contributed by atoms with van der Waals surface area (Å²) in [6.07, 6.45) is 1.24. The van der Waals surface area contributed by atoms with E-state index in [2.05, 4.69) is 15.2 Å². The van der Waals surface area contributed by atoms with Crippen LogP contribution in [0.4, 0.5) is 10.1 Å². The standard InChI is InChI=1S/C18H12ClFN2O4/c1-25-18(24)11-4-7-14(19)15(8-11)22-17(23)13-9-21-26-16(13)10-2-5-12(20)6-3-10/h2-9H,1H3,(H,22,23). The van der Waals surface area contributed by atoms with E-state index in [0.29, 0.717) is 5.56 Å². The second kappa shape index (κ2) is 7.37. The Labute approximate surface area is 152 Å². The van der Waals surface area contributed by atoms with Gasteiger partial charge in [-0.05, 0) is 42.5 Å². The van der Waals surface area contributed by atoms with Crippen LogP contribution in [0.15, 0.2) is 53.2 Å². The maximum absolute atomic E-state index is 13.1. The van der Waals surface area contributed by atoms with Crippen LogP contribution in [0.5, 0.6) is 0 Å². The number of anilines is 1. The number of aromatic nitrogens is 1. The van der Waals surface area contributed by atoms with Gasteiger partial charge in [-0.1, -0.05) is 16.8 Å². The number of rotatable bonds is 4. The van der Waals surface area contributed by atoms with Crippen LogP contribution in [-0.2, 0) is 4.74 Å². The highest BCUT2D eigenvalue weighted by Crippen LogP contribution is 2.27. The van der Waals surface area contributed by atoms with E-state index >= 15 is 0 Å². The monoisotopic (exact) mass is 374 g/mol. The summed E-state index contributed by atoms with van der Waals surface area (Å²) in [7, 11) is 1.25. The van der Waals surface area contributed by atoms with Gasteiger partial charge in [0.25, 0.3) is 5.91 Å². The Bertz CT molecular complexity index is 970. The fourth-order valence-corrected chi connectivity index (χ4v) is 2.43. The van der Waals surface area contributed by atoms with Gasteiger partial charge in [0.15, 0.2) is 5.76 Å². The van der Waals surface area contributed by atoms with Crippen molar-refractivity contribution >= 4 is 29.2 Å². The van der Waals surface area contributed by atoms with Gasteiger partial charge in [-0.3, -0.25) is 4.79 Å². The van der Waals surface area contributed by atoms with Crippen molar-refractivity contribution in [2.45, 2.75) is 0 Å². The summed E-state index contributed by atoms with van der Waals surface area (Å²) in [6, 6.07) is 9.78. The first-order valence-electron chi connectivity index (χ1n) is 7.39. The predicted molar refractivity (Wildman–Crippen MR) is 92.6 cm³/mol. The SMILES string of the molecule is COC(=O)c1ccc(Cl)c(NC(=O)c2cnoc2-c2ccc(F)cc2)c1. The second-order valence-electron chi connectivity index (χ2n) is 5.22. The molecule has 0 aliphatic carbocycles. The van der Waals surface area contributed by atoms with E-state index in [1.54, 1.807) is 0 Å². The molecule has 3 aromatic rings. The highest BCUT2D eigenvalue weighted by Gasteiger charge is 2.19. The Hall–Kier alpha value is -3.19. The summed E-state index contributed by atoms with van der Waals surface area (Å²) in [5.41, 5.74) is 1.08. The number of amides is 1. The molecule has 132 valence electrons. The summed E-state index contributed by atoms with van der Waals surface area (Å²) < 4.78 is 22.8. The lowest BCUT2D eigenvalue weighted by atomic mass is 10.1. The van der Waals surface area contributed by atoms with Crippen molar-refractivity contribution < 1.29 is 23.2 Å². The Balaban J connectivity index is 1.89. The predicted octanol–water partition coefficient (Wildman–Crippen LogP) is 4.17. The average Bonchev–Trinajstić information content (AvgIpc) is 3.13. The van der Waals surface area contributed by atoms with Gasteiger partial charge in [0.1, 0.15) is 11.4 Å². The van der Waals surface area contributed by atoms with Crippen LogP contribution in [0.1, 0.15) is 20.7 Å². The molecule has 0 unspecified atom stereocenters. The molecule has 3 rings (SSSR count). The van der Waals surface area contributed by atoms with E-state index in [0.717, 1.165) is 0 Å². The zero-order valence-corrected chi connectivity index (χ0v) is 14.2. The number of nitrogens with one attached hydrogen (secondary N) is 1. The van der Waals surface area contributed by atoms with E-state index in [-0.39, 0.29) is 27.6 Å². The first-order valence-corrected chi connectivity index (χ1v) is 7.77. The normalized spacial score (nSPS) is 10.4. The molecule has 0 bridgehead atoms. The van der Waals surface area contributed by atoms with Crippen molar-refractivity contribution in [2.75, 3.05) is 12.4 Å². The number of nitrogens with zero attached hydrogens (tertiary/aromatic N) is 1. The number of ether oxygens (including phenoxy) is 1. The minimum Gasteiger partial charge on any atom is -0.465 e. The smallest absolute Gasteiger partial charge is 0.337 e. The molecule has 8 heteroatoms. The summed E-state index contributed by atoms with van der Waals surface area (Å²) in [6.45, 7) is 0. The molecule has 0 aliphatic heterocycles. The van der Waals surface area contributed by atoms with E-state index in [1.807, 2.05) is 0 Å². The summed E-state index contributed by atoms with van der Waals surface area (Å²) >= 11 is 6.08. The largest absolute Gasteiger partial charge is 0.465 e. The highest BCUT2D eigenvalue weighted by molar-refractivity contribution is 6.34. The third kappa shape index (κ3) is 3.57.